The van der Waals surface area contributed by atoms with Gasteiger partial charge in [0.1, 0.15) is 5.78 Å². The first-order valence-electron chi connectivity index (χ1n) is 7.06. The van der Waals surface area contributed by atoms with Crippen molar-refractivity contribution in [2.45, 2.75) is 59.5 Å². The standard InChI is InChI=1S/C17H28O2/c1-8-12(3)10-17(7,19)11-14(5)16(18)15(6)13(4)9-2/h2,12,14-15,19H,4,8,10-11H2,1,3,5-7H3/t12-,14?,15?,17+/m0/s1. The third-order valence-corrected chi connectivity index (χ3v) is 3.85. The summed E-state index contributed by atoms with van der Waals surface area (Å²) in [5.41, 5.74) is -0.291. The molecule has 0 amide bonds. The Balaban J connectivity index is 4.60. The van der Waals surface area contributed by atoms with Crippen LogP contribution in [0.1, 0.15) is 53.9 Å². The molecular weight excluding hydrogens is 236 g/mol. The summed E-state index contributed by atoms with van der Waals surface area (Å²) in [5, 5.41) is 10.4. The molecule has 0 saturated carbocycles. The van der Waals surface area contributed by atoms with E-state index in [9.17, 15) is 9.90 Å². The Hall–Kier alpha value is -1.07. The summed E-state index contributed by atoms with van der Waals surface area (Å²) >= 11 is 0. The molecule has 0 aromatic carbocycles. The predicted molar refractivity (Wildman–Crippen MR) is 80.6 cm³/mol. The second-order valence-corrected chi connectivity index (χ2v) is 6.11. The largest absolute Gasteiger partial charge is 0.390 e. The van der Waals surface area contributed by atoms with Crippen LogP contribution in [-0.2, 0) is 4.79 Å². The average molecular weight is 264 g/mol. The lowest BCUT2D eigenvalue weighted by molar-refractivity contribution is -0.127. The maximum atomic E-state index is 12.2. The zero-order valence-corrected chi connectivity index (χ0v) is 13.0. The molecule has 0 spiro atoms. The summed E-state index contributed by atoms with van der Waals surface area (Å²) in [5.74, 6) is 2.40. The van der Waals surface area contributed by atoms with Crippen molar-refractivity contribution in [3.8, 4) is 12.3 Å². The molecule has 0 heterocycles. The molecule has 2 nitrogen and oxygen atoms in total. The quantitative estimate of drug-likeness (QED) is 0.680. The van der Waals surface area contributed by atoms with Gasteiger partial charge in [0, 0.05) is 17.4 Å². The van der Waals surface area contributed by atoms with Crippen LogP contribution < -0.4 is 0 Å². The van der Waals surface area contributed by atoms with Gasteiger partial charge in [-0.1, -0.05) is 46.6 Å². The fraction of sp³-hybridized carbons (Fsp3) is 0.706. The fourth-order valence-electron chi connectivity index (χ4n) is 2.46. The summed E-state index contributed by atoms with van der Waals surface area (Å²) in [6.07, 6.45) is 7.49. The van der Waals surface area contributed by atoms with Crippen LogP contribution in [0.2, 0.25) is 0 Å². The molecule has 1 N–H and O–H groups in total. The summed E-state index contributed by atoms with van der Waals surface area (Å²) in [6, 6.07) is 0. The van der Waals surface area contributed by atoms with Crippen molar-refractivity contribution in [3.63, 3.8) is 0 Å². The Bertz CT molecular complexity index is 360. The normalized spacial score (nSPS) is 18.8. The van der Waals surface area contributed by atoms with Crippen molar-refractivity contribution < 1.29 is 9.90 Å². The number of ketones is 1. The molecule has 4 atom stereocenters. The zero-order chi connectivity index (χ0) is 15.2. The first kappa shape index (κ1) is 17.9. The first-order valence-corrected chi connectivity index (χ1v) is 7.06. The Morgan fingerprint density at radius 2 is 1.89 bits per heavy atom. The van der Waals surface area contributed by atoms with E-state index >= 15 is 0 Å². The molecule has 0 aliphatic rings. The van der Waals surface area contributed by atoms with E-state index in [1.165, 1.54) is 0 Å². The maximum absolute atomic E-state index is 12.2. The van der Waals surface area contributed by atoms with Gasteiger partial charge in [-0.05, 0) is 25.7 Å². The van der Waals surface area contributed by atoms with Crippen molar-refractivity contribution >= 4 is 5.78 Å². The van der Waals surface area contributed by atoms with Crippen LogP contribution in [0.3, 0.4) is 0 Å². The number of hydrogen-bond donors (Lipinski definition) is 1. The van der Waals surface area contributed by atoms with Crippen LogP contribution in [0.15, 0.2) is 12.2 Å². The van der Waals surface area contributed by atoms with E-state index in [1.54, 1.807) is 6.92 Å². The number of carbonyl (C=O) groups is 1. The first-order chi connectivity index (χ1) is 8.64. The molecule has 0 rings (SSSR count). The van der Waals surface area contributed by atoms with Gasteiger partial charge in [0.25, 0.3) is 0 Å². The minimum absolute atomic E-state index is 0.0624. The SMILES string of the molecule is C#CC(=C)C(C)C(=O)C(C)C[C@](C)(O)C[C@@H](C)CC. The molecule has 108 valence electrons. The van der Waals surface area contributed by atoms with Gasteiger partial charge < -0.3 is 5.11 Å². The third-order valence-electron chi connectivity index (χ3n) is 3.85. The molecule has 0 aromatic heterocycles. The number of allylic oxidation sites excluding steroid dienone is 1. The zero-order valence-electron chi connectivity index (χ0n) is 13.0. The predicted octanol–water partition coefficient (Wildman–Crippen LogP) is 3.59. The molecule has 0 bridgehead atoms. The van der Waals surface area contributed by atoms with Crippen molar-refractivity contribution in [3.05, 3.63) is 12.2 Å². The Kier molecular flexibility index (Phi) is 7.08. The molecule has 0 aliphatic carbocycles. The molecule has 0 fully saturated rings. The van der Waals surface area contributed by atoms with E-state index in [0.29, 0.717) is 24.3 Å². The van der Waals surface area contributed by atoms with Gasteiger partial charge in [-0.25, -0.2) is 0 Å². The smallest absolute Gasteiger partial charge is 0.143 e. The average Bonchev–Trinajstić information content (AvgIpc) is 2.34. The number of hydrogen-bond acceptors (Lipinski definition) is 2. The molecule has 2 heteroatoms. The maximum Gasteiger partial charge on any atom is 0.143 e. The van der Waals surface area contributed by atoms with Crippen molar-refractivity contribution in [2.75, 3.05) is 0 Å². The Labute approximate surface area is 118 Å². The topological polar surface area (TPSA) is 37.3 Å². The van der Waals surface area contributed by atoms with E-state index in [0.717, 1.165) is 6.42 Å². The monoisotopic (exact) mass is 264 g/mol. The molecular formula is C17H28O2. The van der Waals surface area contributed by atoms with Crippen molar-refractivity contribution in [1.29, 1.82) is 0 Å². The minimum atomic E-state index is -0.804. The second kappa shape index (κ2) is 7.50. The van der Waals surface area contributed by atoms with Gasteiger partial charge in [0.15, 0.2) is 0 Å². The van der Waals surface area contributed by atoms with Crippen LogP contribution >= 0.6 is 0 Å². The Morgan fingerprint density at radius 3 is 2.32 bits per heavy atom. The van der Waals surface area contributed by atoms with Crippen molar-refractivity contribution in [1.82, 2.24) is 0 Å². The van der Waals surface area contributed by atoms with E-state index in [2.05, 4.69) is 26.3 Å². The van der Waals surface area contributed by atoms with Gasteiger partial charge in [0.2, 0.25) is 0 Å². The highest BCUT2D eigenvalue weighted by Crippen LogP contribution is 2.28. The highest BCUT2D eigenvalue weighted by Gasteiger charge is 2.30. The summed E-state index contributed by atoms with van der Waals surface area (Å²) < 4.78 is 0. The van der Waals surface area contributed by atoms with Crippen molar-refractivity contribution in [2.24, 2.45) is 17.8 Å². The number of carbonyl (C=O) groups excluding carboxylic acids is 1. The second-order valence-electron chi connectivity index (χ2n) is 6.11. The molecule has 19 heavy (non-hydrogen) atoms. The van der Waals surface area contributed by atoms with E-state index in [-0.39, 0.29) is 17.6 Å². The van der Waals surface area contributed by atoms with Crippen LogP contribution in [0.5, 0.6) is 0 Å². The van der Waals surface area contributed by atoms with Gasteiger partial charge >= 0.3 is 0 Å². The van der Waals surface area contributed by atoms with Crippen LogP contribution in [0.4, 0.5) is 0 Å². The van der Waals surface area contributed by atoms with Crippen LogP contribution in [0, 0.1) is 30.1 Å². The molecule has 0 saturated heterocycles. The van der Waals surface area contributed by atoms with Gasteiger partial charge in [-0.15, -0.1) is 6.42 Å². The lowest BCUT2D eigenvalue weighted by atomic mass is 9.80. The Morgan fingerprint density at radius 1 is 1.37 bits per heavy atom. The highest BCUT2D eigenvalue weighted by atomic mass is 16.3. The summed E-state index contributed by atoms with van der Waals surface area (Å²) in [4.78, 5) is 12.2. The lowest BCUT2D eigenvalue weighted by Crippen LogP contribution is -2.33. The molecule has 0 aliphatic heterocycles. The van der Waals surface area contributed by atoms with Crippen LogP contribution in [0.25, 0.3) is 0 Å². The van der Waals surface area contributed by atoms with E-state index in [4.69, 9.17) is 6.42 Å². The summed E-state index contributed by atoms with van der Waals surface area (Å²) in [6.45, 7) is 13.4. The van der Waals surface area contributed by atoms with E-state index < -0.39 is 5.60 Å². The van der Waals surface area contributed by atoms with E-state index in [1.807, 2.05) is 13.8 Å². The summed E-state index contributed by atoms with van der Waals surface area (Å²) in [7, 11) is 0. The van der Waals surface area contributed by atoms with Gasteiger partial charge in [0.05, 0.1) is 5.60 Å². The number of Topliss-reactive ketones (excluding diaryl/α,β-unsaturated/α-hetero) is 1. The molecule has 0 aromatic rings. The molecule has 0 radical (unpaired) electrons. The third kappa shape index (κ3) is 6.07. The van der Waals surface area contributed by atoms with Gasteiger partial charge in [-0.3, -0.25) is 4.79 Å². The highest BCUT2D eigenvalue weighted by molar-refractivity contribution is 5.86. The van der Waals surface area contributed by atoms with Gasteiger partial charge in [-0.2, -0.15) is 0 Å². The minimum Gasteiger partial charge on any atom is -0.390 e. The number of rotatable bonds is 8. The number of aliphatic hydroxyl groups is 1. The molecule has 2 unspecified atom stereocenters. The van der Waals surface area contributed by atoms with Crippen LogP contribution in [-0.4, -0.2) is 16.5 Å². The lowest BCUT2D eigenvalue weighted by Gasteiger charge is -2.29. The number of terminal acetylenes is 1. The fourth-order valence-corrected chi connectivity index (χ4v) is 2.46.